The van der Waals surface area contributed by atoms with E-state index in [1.165, 1.54) is 13.0 Å². The maximum absolute atomic E-state index is 13.2. The fourth-order valence-electron chi connectivity index (χ4n) is 1.98. The molecular weight excluding hydrogens is 225 g/mol. The van der Waals surface area contributed by atoms with Gasteiger partial charge in [-0.1, -0.05) is 0 Å². The first-order chi connectivity index (χ1) is 7.91. The fourth-order valence-corrected chi connectivity index (χ4v) is 1.98. The molecular formula is C12H10FNO3. The van der Waals surface area contributed by atoms with Gasteiger partial charge < -0.3 is 0 Å². The number of ketones is 2. The Morgan fingerprint density at radius 1 is 1.35 bits per heavy atom. The number of rotatable bonds is 2. The predicted molar refractivity (Wildman–Crippen MR) is 58.5 cm³/mol. The molecule has 88 valence electrons. The van der Waals surface area contributed by atoms with E-state index < -0.39 is 17.5 Å². The second kappa shape index (κ2) is 3.76. The third kappa shape index (κ3) is 1.73. The summed E-state index contributed by atoms with van der Waals surface area (Å²) < 4.78 is 13.2. The minimum absolute atomic E-state index is 0.0359. The van der Waals surface area contributed by atoms with Crippen LogP contribution in [0, 0.1) is 12.7 Å². The Morgan fingerprint density at radius 2 is 2.00 bits per heavy atom. The van der Waals surface area contributed by atoms with Crippen LogP contribution in [0.3, 0.4) is 0 Å². The minimum atomic E-state index is -0.774. The van der Waals surface area contributed by atoms with E-state index in [1.807, 2.05) is 0 Å². The number of carbonyl (C=O) groups is 3. The topological polar surface area (TPSA) is 54.5 Å². The number of fused-ring (bicyclic) bond motifs is 1. The quantitative estimate of drug-likeness (QED) is 0.725. The molecule has 1 amide bonds. The highest BCUT2D eigenvalue weighted by molar-refractivity contribution is 6.52. The van der Waals surface area contributed by atoms with E-state index in [-0.39, 0.29) is 17.9 Å². The molecule has 17 heavy (non-hydrogen) atoms. The van der Waals surface area contributed by atoms with Crippen LogP contribution >= 0.6 is 0 Å². The summed E-state index contributed by atoms with van der Waals surface area (Å²) in [6.07, 6.45) is 0. The zero-order valence-corrected chi connectivity index (χ0v) is 9.41. The van der Waals surface area contributed by atoms with Crippen LogP contribution in [0.2, 0.25) is 0 Å². The molecule has 1 aromatic rings. The normalized spacial score (nSPS) is 14.2. The lowest BCUT2D eigenvalue weighted by Gasteiger charge is -2.16. The number of benzene rings is 1. The average molecular weight is 235 g/mol. The second-order valence-corrected chi connectivity index (χ2v) is 4.04. The second-order valence-electron chi connectivity index (χ2n) is 4.04. The van der Waals surface area contributed by atoms with Crippen molar-refractivity contribution >= 4 is 23.2 Å². The van der Waals surface area contributed by atoms with E-state index in [0.717, 1.165) is 11.0 Å². The number of nitrogens with zero attached hydrogens (tertiary/aromatic N) is 1. The van der Waals surface area contributed by atoms with Crippen molar-refractivity contribution < 1.29 is 18.8 Å². The number of hydrogen-bond donors (Lipinski definition) is 0. The molecule has 2 rings (SSSR count). The van der Waals surface area contributed by atoms with E-state index in [4.69, 9.17) is 0 Å². The molecule has 0 fully saturated rings. The first-order valence-corrected chi connectivity index (χ1v) is 5.07. The van der Waals surface area contributed by atoms with Crippen LogP contribution < -0.4 is 4.90 Å². The number of hydrogen-bond acceptors (Lipinski definition) is 3. The lowest BCUT2D eigenvalue weighted by atomic mass is 10.1. The fraction of sp³-hybridized carbons (Fsp3) is 0.250. The first kappa shape index (κ1) is 11.4. The number of amides is 1. The van der Waals surface area contributed by atoms with Crippen molar-refractivity contribution in [1.82, 2.24) is 0 Å². The van der Waals surface area contributed by atoms with Crippen LogP contribution in [-0.2, 0) is 9.59 Å². The van der Waals surface area contributed by atoms with Gasteiger partial charge in [0.1, 0.15) is 11.6 Å². The van der Waals surface area contributed by atoms with Gasteiger partial charge in [-0.05, 0) is 31.5 Å². The van der Waals surface area contributed by atoms with Crippen LogP contribution in [-0.4, -0.2) is 24.0 Å². The number of Topliss-reactive ketones (excluding diaryl/α,β-unsaturated/α-hetero) is 2. The number of anilines is 1. The van der Waals surface area contributed by atoms with Crippen molar-refractivity contribution in [1.29, 1.82) is 0 Å². The van der Waals surface area contributed by atoms with Crippen molar-refractivity contribution in [2.75, 3.05) is 11.4 Å². The van der Waals surface area contributed by atoms with Crippen LogP contribution in [0.15, 0.2) is 12.1 Å². The zero-order chi connectivity index (χ0) is 12.7. The molecule has 0 saturated heterocycles. The van der Waals surface area contributed by atoms with E-state index >= 15 is 0 Å². The minimum Gasteiger partial charge on any atom is -0.298 e. The number of carbonyl (C=O) groups excluding carboxylic acids is 3. The van der Waals surface area contributed by atoms with Gasteiger partial charge in [-0.2, -0.15) is 0 Å². The molecule has 0 radical (unpaired) electrons. The Hall–Kier alpha value is -2.04. The molecule has 0 spiro atoms. The van der Waals surface area contributed by atoms with E-state index in [9.17, 15) is 18.8 Å². The Kier molecular flexibility index (Phi) is 2.53. The van der Waals surface area contributed by atoms with Crippen molar-refractivity contribution in [3.8, 4) is 0 Å². The number of halogens is 1. The first-order valence-electron chi connectivity index (χ1n) is 5.07. The highest BCUT2D eigenvalue weighted by atomic mass is 19.1. The third-order valence-electron chi connectivity index (χ3n) is 2.60. The molecule has 1 aliphatic rings. The monoisotopic (exact) mass is 235 g/mol. The largest absolute Gasteiger partial charge is 0.299 e. The van der Waals surface area contributed by atoms with Gasteiger partial charge >= 0.3 is 0 Å². The predicted octanol–water partition coefficient (Wildman–Crippen LogP) is 1.25. The molecule has 0 aromatic heterocycles. The van der Waals surface area contributed by atoms with Gasteiger partial charge in [0.05, 0.1) is 17.8 Å². The lowest BCUT2D eigenvalue weighted by molar-refractivity contribution is -0.119. The Labute approximate surface area is 97.0 Å². The Balaban J connectivity index is 2.60. The summed E-state index contributed by atoms with van der Waals surface area (Å²) >= 11 is 0. The summed E-state index contributed by atoms with van der Waals surface area (Å²) in [6.45, 7) is 2.76. The summed E-state index contributed by atoms with van der Waals surface area (Å²) in [5.41, 5.74) is 0.853. The SMILES string of the molecule is CC(=O)CN1C(=O)C(=O)c2cc(F)cc(C)c21. The average Bonchev–Trinajstić information content (AvgIpc) is 2.43. The molecule has 4 nitrogen and oxygen atoms in total. The summed E-state index contributed by atoms with van der Waals surface area (Å²) in [7, 11) is 0. The molecule has 0 saturated carbocycles. The molecule has 5 heteroatoms. The van der Waals surface area contributed by atoms with Crippen molar-refractivity contribution in [3.05, 3.63) is 29.1 Å². The smallest absolute Gasteiger partial charge is 0.298 e. The van der Waals surface area contributed by atoms with Crippen LogP contribution in [0.25, 0.3) is 0 Å². The highest BCUT2D eigenvalue weighted by Gasteiger charge is 2.37. The van der Waals surface area contributed by atoms with Crippen LogP contribution in [0.4, 0.5) is 10.1 Å². The molecule has 1 heterocycles. The van der Waals surface area contributed by atoms with Crippen molar-refractivity contribution in [2.24, 2.45) is 0 Å². The maximum atomic E-state index is 13.2. The standard InChI is InChI=1S/C12H10FNO3/c1-6-3-8(13)4-9-10(6)14(5-7(2)15)12(17)11(9)16/h3-4H,5H2,1-2H3. The van der Waals surface area contributed by atoms with Gasteiger partial charge in [-0.25, -0.2) is 4.39 Å². The van der Waals surface area contributed by atoms with E-state index in [1.54, 1.807) is 6.92 Å². The van der Waals surface area contributed by atoms with Crippen LogP contribution in [0.1, 0.15) is 22.8 Å². The van der Waals surface area contributed by atoms with Gasteiger partial charge in [0.15, 0.2) is 0 Å². The zero-order valence-electron chi connectivity index (χ0n) is 9.41. The molecule has 1 aromatic carbocycles. The molecule has 0 atom stereocenters. The summed E-state index contributed by atoms with van der Waals surface area (Å²) in [5, 5.41) is 0. The van der Waals surface area contributed by atoms with Gasteiger partial charge in [-0.3, -0.25) is 19.3 Å². The summed E-state index contributed by atoms with van der Waals surface area (Å²) in [4.78, 5) is 35.5. The van der Waals surface area contributed by atoms with E-state index in [2.05, 4.69) is 0 Å². The summed E-state index contributed by atoms with van der Waals surface area (Å²) in [5.74, 6) is -2.33. The van der Waals surface area contributed by atoms with Crippen molar-refractivity contribution in [2.45, 2.75) is 13.8 Å². The van der Waals surface area contributed by atoms with Crippen molar-refractivity contribution in [3.63, 3.8) is 0 Å². The molecule has 1 aliphatic heterocycles. The molecule has 0 aliphatic carbocycles. The van der Waals surface area contributed by atoms with E-state index in [0.29, 0.717) is 11.3 Å². The number of aryl methyl sites for hydroxylation is 1. The lowest BCUT2D eigenvalue weighted by Crippen LogP contribution is -2.34. The summed E-state index contributed by atoms with van der Waals surface area (Å²) in [6, 6.07) is 2.26. The van der Waals surface area contributed by atoms with Crippen LogP contribution in [0.5, 0.6) is 0 Å². The highest BCUT2D eigenvalue weighted by Crippen LogP contribution is 2.32. The van der Waals surface area contributed by atoms with Gasteiger partial charge in [-0.15, -0.1) is 0 Å². The Morgan fingerprint density at radius 3 is 2.59 bits per heavy atom. The molecule has 0 N–H and O–H groups in total. The molecule has 0 unspecified atom stereocenters. The van der Waals surface area contributed by atoms with Gasteiger partial charge in [0.2, 0.25) is 0 Å². The maximum Gasteiger partial charge on any atom is 0.299 e. The Bertz CT molecular complexity index is 551. The van der Waals surface area contributed by atoms with Gasteiger partial charge in [0.25, 0.3) is 11.7 Å². The van der Waals surface area contributed by atoms with Gasteiger partial charge in [0, 0.05) is 0 Å². The third-order valence-corrected chi connectivity index (χ3v) is 2.60. The molecule has 0 bridgehead atoms.